The molecule has 1 aromatic carbocycles. The molecule has 0 aliphatic heterocycles. The molecule has 2 N–H and O–H groups in total. The first-order valence-corrected chi connectivity index (χ1v) is 8.97. The fraction of sp³-hybridized carbons (Fsp3) is 0.647. The summed E-state index contributed by atoms with van der Waals surface area (Å²) in [5.74, 6) is 1.80. The highest BCUT2D eigenvalue weighted by molar-refractivity contribution is 7.98. The van der Waals surface area contributed by atoms with Crippen molar-refractivity contribution in [2.45, 2.75) is 44.2 Å². The van der Waals surface area contributed by atoms with Gasteiger partial charge in [-0.05, 0) is 50.1 Å². The molecule has 0 bridgehead atoms. The Kier molecular flexibility index (Phi) is 5.16. The number of likely N-dealkylation sites (N-methyl/N-ethyl adjacent to an activating group) is 1. The Hall–Kier alpha value is -0.510. The van der Waals surface area contributed by atoms with E-state index in [0.29, 0.717) is 18.5 Å². The van der Waals surface area contributed by atoms with Gasteiger partial charge in [-0.15, -0.1) is 0 Å². The van der Waals surface area contributed by atoms with Crippen molar-refractivity contribution in [3.63, 3.8) is 0 Å². The van der Waals surface area contributed by atoms with E-state index < -0.39 is 0 Å². The first-order chi connectivity index (χ1) is 9.56. The molecule has 112 valence electrons. The van der Waals surface area contributed by atoms with Gasteiger partial charge in [0.2, 0.25) is 0 Å². The van der Waals surface area contributed by atoms with Gasteiger partial charge in [0.05, 0.1) is 5.54 Å². The Morgan fingerprint density at radius 1 is 1.45 bits per heavy atom. The van der Waals surface area contributed by atoms with Crippen molar-refractivity contribution in [1.82, 2.24) is 4.90 Å². The zero-order valence-corrected chi connectivity index (χ0v) is 14.0. The van der Waals surface area contributed by atoms with Gasteiger partial charge in [-0.2, -0.15) is 11.8 Å². The molecule has 3 atom stereocenters. The van der Waals surface area contributed by atoms with Crippen LogP contribution in [0.2, 0.25) is 0 Å². The maximum Gasteiger partial charge on any atom is 0.0586 e. The van der Waals surface area contributed by atoms with Crippen LogP contribution in [0.3, 0.4) is 0 Å². The fourth-order valence-corrected chi connectivity index (χ4v) is 4.30. The number of rotatable bonds is 5. The van der Waals surface area contributed by atoms with Crippen molar-refractivity contribution >= 4 is 11.8 Å². The van der Waals surface area contributed by atoms with E-state index in [1.165, 1.54) is 17.5 Å². The van der Waals surface area contributed by atoms with Crippen molar-refractivity contribution in [2.75, 3.05) is 25.6 Å². The highest BCUT2D eigenvalue weighted by Crippen LogP contribution is 2.44. The number of fused-ring (bicyclic) bond motifs is 1. The topological polar surface area (TPSA) is 29.3 Å². The monoisotopic (exact) mass is 292 g/mol. The van der Waals surface area contributed by atoms with Crippen LogP contribution in [0, 0.1) is 0 Å². The van der Waals surface area contributed by atoms with Crippen LogP contribution in [0.25, 0.3) is 0 Å². The summed E-state index contributed by atoms with van der Waals surface area (Å²) in [6.07, 6.45) is 4.57. The van der Waals surface area contributed by atoms with Crippen LogP contribution in [0.5, 0.6) is 0 Å². The molecular weight excluding hydrogens is 264 g/mol. The number of thioether (sulfide) groups is 1. The molecular formula is C17H28N2S. The zero-order chi connectivity index (χ0) is 14.8. The second kappa shape index (κ2) is 6.50. The van der Waals surface area contributed by atoms with Crippen molar-refractivity contribution in [2.24, 2.45) is 5.73 Å². The SMILES string of the molecule is CSCC(C)N(C)C1(CN)CCC(C)c2ccccc21. The lowest BCUT2D eigenvalue weighted by molar-refractivity contribution is 0.0712. The van der Waals surface area contributed by atoms with E-state index in [4.69, 9.17) is 5.73 Å². The average molecular weight is 292 g/mol. The summed E-state index contributed by atoms with van der Waals surface area (Å²) in [6, 6.07) is 9.44. The third kappa shape index (κ3) is 2.63. The molecule has 2 rings (SSSR count). The van der Waals surface area contributed by atoms with Crippen LogP contribution in [0.1, 0.15) is 43.7 Å². The zero-order valence-electron chi connectivity index (χ0n) is 13.2. The van der Waals surface area contributed by atoms with Crippen molar-refractivity contribution in [3.8, 4) is 0 Å². The van der Waals surface area contributed by atoms with E-state index in [1.807, 2.05) is 11.8 Å². The predicted octanol–water partition coefficient (Wildman–Crippen LogP) is 3.42. The highest BCUT2D eigenvalue weighted by atomic mass is 32.2. The summed E-state index contributed by atoms with van der Waals surface area (Å²) in [5, 5.41) is 0. The van der Waals surface area contributed by atoms with Crippen LogP contribution in [0.15, 0.2) is 24.3 Å². The lowest BCUT2D eigenvalue weighted by atomic mass is 9.71. The summed E-state index contributed by atoms with van der Waals surface area (Å²) in [5.41, 5.74) is 9.25. The van der Waals surface area contributed by atoms with Gasteiger partial charge >= 0.3 is 0 Å². The van der Waals surface area contributed by atoms with Gasteiger partial charge < -0.3 is 5.73 Å². The minimum absolute atomic E-state index is 0.0122. The fourth-order valence-electron chi connectivity index (χ4n) is 3.59. The third-order valence-corrected chi connectivity index (χ3v) is 5.88. The maximum absolute atomic E-state index is 6.28. The summed E-state index contributed by atoms with van der Waals surface area (Å²) in [4.78, 5) is 2.52. The lowest BCUT2D eigenvalue weighted by Crippen LogP contribution is -2.55. The number of hydrogen-bond acceptors (Lipinski definition) is 3. The van der Waals surface area contributed by atoms with Crippen LogP contribution >= 0.6 is 11.8 Å². The molecule has 0 radical (unpaired) electrons. The normalized spacial score (nSPS) is 27.4. The predicted molar refractivity (Wildman–Crippen MR) is 90.4 cm³/mol. The summed E-state index contributed by atoms with van der Waals surface area (Å²) in [6.45, 7) is 5.35. The van der Waals surface area contributed by atoms with Gasteiger partial charge in [0.15, 0.2) is 0 Å². The van der Waals surface area contributed by atoms with E-state index in [9.17, 15) is 0 Å². The maximum atomic E-state index is 6.28. The van der Waals surface area contributed by atoms with Crippen LogP contribution in [-0.4, -0.2) is 36.5 Å². The number of nitrogens with zero attached hydrogens (tertiary/aromatic N) is 1. The average Bonchev–Trinajstić information content (AvgIpc) is 2.48. The van der Waals surface area contributed by atoms with Crippen LogP contribution < -0.4 is 5.73 Å². The number of benzene rings is 1. The molecule has 0 fully saturated rings. The van der Waals surface area contributed by atoms with Crippen LogP contribution in [-0.2, 0) is 5.54 Å². The third-order valence-electron chi connectivity index (χ3n) is 5.07. The molecule has 0 saturated heterocycles. The molecule has 2 nitrogen and oxygen atoms in total. The molecule has 0 spiro atoms. The minimum atomic E-state index is 0.0122. The molecule has 3 heteroatoms. The molecule has 3 unspecified atom stereocenters. The molecule has 20 heavy (non-hydrogen) atoms. The quantitative estimate of drug-likeness (QED) is 0.901. The van der Waals surface area contributed by atoms with E-state index in [2.05, 4.69) is 56.3 Å². The molecule has 0 aromatic heterocycles. The molecule has 0 saturated carbocycles. The molecule has 1 aliphatic carbocycles. The van der Waals surface area contributed by atoms with Crippen molar-refractivity contribution < 1.29 is 0 Å². The molecule has 1 aromatic rings. The molecule has 1 aliphatic rings. The Balaban J connectivity index is 2.43. The van der Waals surface area contributed by atoms with E-state index in [-0.39, 0.29) is 5.54 Å². The second-order valence-electron chi connectivity index (χ2n) is 6.18. The van der Waals surface area contributed by atoms with E-state index in [1.54, 1.807) is 0 Å². The Morgan fingerprint density at radius 3 is 2.80 bits per heavy atom. The smallest absolute Gasteiger partial charge is 0.0586 e. The van der Waals surface area contributed by atoms with E-state index >= 15 is 0 Å². The lowest BCUT2D eigenvalue weighted by Gasteiger charge is -2.49. The van der Waals surface area contributed by atoms with Gasteiger partial charge in [0.1, 0.15) is 0 Å². The van der Waals surface area contributed by atoms with E-state index in [0.717, 1.165) is 12.2 Å². The van der Waals surface area contributed by atoms with Gasteiger partial charge in [0.25, 0.3) is 0 Å². The Labute approximate surface area is 128 Å². The first-order valence-electron chi connectivity index (χ1n) is 7.58. The number of nitrogens with two attached hydrogens (primary N) is 1. The number of hydrogen-bond donors (Lipinski definition) is 1. The van der Waals surface area contributed by atoms with Gasteiger partial charge in [0, 0.05) is 18.3 Å². The van der Waals surface area contributed by atoms with Gasteiger partial charge in [-0.25, -0.2) is 0 Å². The van der Waals surface area contributed by atoms with Crippen LogP contribution in [0.4, 0.5) is 0 Å². The second-order valence-corrected chi connectivity index (χ2v) is 7.09. The molecule has 0 amide bonds. The standard InChI is InChI=1S/C17H28N2S/c1-13-9-10-17(12-18,19(3)14(2)11-20-4)16-8-6-5-7-15(13)16/h5-8,13-14H,9-12,18H2,1-4H3. The summed E-state index contributed by atoms with van der Waals surface area (Å²) < 4.78 is 0. The minimum Gasteiger partial charge on any atom is -0.328 e. The van der Waals surface area contributed by atoms with Crippen molar-refractivity contribution in [1.29, 1.82) is 0 Å². The van der Waals surface area contributed by atoms with Gasteiger partial charge in [-0.1, -0.05) is 31.2 Å². The largest absolute Gasteiger partial charge is 0.328 e. The highest BCUT2D eigenvalue weighted by Gasteiger charge is 2.42. The Bertz CT molecular complexity index is 448. The summed E-state index contributed by atoms with van der Waals surface area (Å²) in [7, 11) is 2.25. The Morgan fingerprint density at radius 2 is 2.15 bits per heavy atom. The van der Waals surface area contributed by atoms with Crippen molar-refractivity contribution in [3.05, 3.63) is 35.4 Å². The summed E-state index contributed by atoms with van der Waals surface area (Å²) >= 11 is 1.91. The van der Waals surface area contributed by atoms with Gasteiger partial charge in [-0.3, -0.25) is 4.90 Å². The first kappa shape index (κ1) is 15.9. The molecule has 0 heterocycles.